The molecule has 154 valence electrons. The van der Waals surface area contributed by atoms with Gasteiger partial charge < -0.3 is 15.1 Å². The summed E-state index contributed by atoms with van der Waals surface area (Å²) in [5, 5.41) is 3.50. The van der Waals surface area contributed by atoms with Crippen molar-refractivity contribution in [2.24, 2.45) is 5.92 Å². The van der Waals surface area contributed by atoms with E-state index in [2.05, 4.69) is 20.2 Å². The third-order valence-electron chi connectivity index (χ3n) is 5.30. The molecule has 7 nitrogen and oxygen atoms in total. The highest BCUT2D eigenvalue weighted by molar-refractivity contribution is 6.30. The Morgan fingerprint density at radius 1 is 1.10 bits per heavy atom. The van der Waals surface area contributed by atoms with E-state index in [9.17, 15) is 9.59 Å². The molecule has 29 heavy (non-hydrogen) atoms. The van der Waals surface area contributed by atoms with Gasteiger partial charge in [-0.1, -0.05) is 31.9 Å². The van der Waals surface area contributed by atoms with Gasteiger partial charge in [-0.25, -0.2) is 9.97 Å². The molecular formula is C21H26ClN5O2. The van der Waals surface area contributed by atoms with Crippen molar-refractivity contribution in [3.8, 4) is 0 Å². The fourth-order valence-electron chi connectivity index (χ4n) is 3.29. The minimum atomic E-state index is -0.567. The molecule has 2 heterocycles. The molecular weight excluding hydrogens is 390 g/mol. The Morgan fingerprint density at radius 3 is 2.31 bits per heavy atom. The van der Waals surface area contributed by atoms with Crippen LogP contribution in [0.15, 0.2) is 42.7 Å². The Kier molecular flexibility index (Phi) is 7.04. The van der Waals surface area contributed by atoms with Crippen molar-refractivity contribution < 1.29 is 9.59 Å². The maximum Gasteiger partial charge on any atom is 0.251 e. The Morgan fingerprint density at radius 2 is 1.72 bits per heavy atom. The van der Waals surface area contributed by atoms with Crippen LogP contribution in [-0.4, -0.2) is 58.9 Å². The van der Waals surface area contributed by atoms with Gasteiger partial charge in [0, 0.05) is 49.2 Å². The zero-order valence-electron chi connectivity index (χ0n) is 16.7. The monoisotopic (exact) mass is 415 g/mol. The number of amides is 2. The van der Waals surface area contributed by atoms with Gasteiger partial charge in [0.05, 0.1) is 0 Å². The third-order valence-corrected chi connectivity index (χ3v) is 5.55. The highest BCUT2D eigenvalue weighted by Crippen LogP contribution is 2.16. The number of nitrogens with one attached hydrogen (secondary N) is 1. The molecule has 0 spiro atoms. The van der Waals surface area contributed by atoms with Gasteiger partial charge >= 0.3 is 0 Å². The van der Waals surface area contributed by atoms with E-state index in [0.717, 1.165) is 6.42 Å². The number of anilines is 1. The number of halogens is 1. The predicted molar refractivity (Wildman–Crippen MR) is 113 cm³/mol. The zero-order chi connectivity index (χ0) is 20.8. The van der Waals surface area contributed by atoms with Gasteiger partial charge in [0.25, 0.3) is 5.91 Å². The van der Waals surface area contributed by atoms with E-state index in [1.165, 1.54) is 0 Å². The Labute approximate surface area is 176 Å². The summed E-state index contributed by atoms with van der Waals surface area (Å²) in [6.45, 7) is 6.47. The summed E-state index contributed by atoms with van der Waals surface area (Å²) in [6, 6.07) is 7.87. The molecule has 1 aliphatic heterocycles. The van der Waals surface area contributed by atoms with E-state index in [1.807, 2.05) is 18.7 Å². The lowest BCUT2D eigenvalue weighted by atomic mass is 9.97. The molecule has 2 unspecified atom stereocenters. The van der Waals surface area contributed by atoms with Crippen LogP contribution in [0.25, 0.3) is 0 Å². The number of hydrogen-bond acceptors (Lipinski definition) is 5. The molecule has 2 amide bonds. The molecule has 1 fully saturated rings. The van der Waals surface area contributed by atoms with E-state index < -0.39 is 6.04 Å². The van der Waals surface area contributed by atoms with Gasteiger partial charge in [0.2, 0.25) is 11.9 Å². The van der Waals surface area contributed by atoms with Crippen molar-refractivity contribution in [1.82, 2.24) is 20.2 Å². The van der Waals surface area contributed by atoms with Crippen LogP contribution in [0.2, 0.25) is 5.02 Å². The van der Waals surface area contributed by atoms with Crippen LogP contribution in [0.4, 0.5) is 5.95 Å². The minimum Gasteiger partial charge on any atom is -0.340 e. The normalized spacial score (nSPS) is 16.2. The molecule has 1 N–H and O–H groups in total. The van der Waals surface area contributed by atoms with Crippen LogP contribution < -0.4 is 10.2 Å². The van der Waals surface area contributed by atoms with Crippen molar-refractivity contribution in [1.29, 1.82) is 0 Å². The van der Waals surface area contributed by atoms with Crippen LogP contribution in [0, 0.1) is 5.92 Å². The van der Waals surface area contributed by atoms with Crippen LogP contribution in [0.3, 0.4) is 0 Å². The smallest absolute Gasteiger partial charge is 0.251 e. The molecule has 2 atom stereocenters. The van der Waals surface area contributed by atoms with Crippen molar-refractivity contribution in [3.05, 3.63) is 53.3 Å². The van der Waals surface area contributed by atoms with Crippen LogP contribution in [0.1, 0.15) is 30.6 Å². The second-order valence-electron chi connectivity index (χ2n) is 7.20. The molecule has 0 bridgehead atoms. The predicted octanol–water partition coefficient (Wildman–Crippen LogP) is 2.62. The molecule has 1 aromatic heterocycles. The summed E-state index contributed by atoms with van der Waals surface area (Å²) in [5.41, 5.74) is 0.488. The highest BCUT2D eigenvalue weighted by atomic mass is 35.5. The third kappa shape index (κ3) is 5.23. The number of carbonyl (C=O) groups excluding carboxylic acids is 2. The lowest BCUT2D eigenvalue weighted by Crippen LogP contribution is -2.57. The van der Waals surface area contributed by atoms with Crippen molar-refractivity contribution in [2.75, 3.05) is 31.1 Å². The van der Waals surface area contributed by atoms with Gasteiger partial charge in [0.15, 0.2) is 0 Å². The van der Waals surface area contributed by atoms with Crippen molar-refractivity contribution in [3.63, 3.8) is 0 Å². The SMILES string of the molecule is CCC(C)C(NC(=O)c1ccc(Cl)cc1)C(=O)N1CCN(c2ncccn2)CC1. The fraction of sp³-hybridized carbons (Fsp3) is 0.429. The lowest BCUT2D eigenvalue weighted by molar-refractivity contribution is -0.134. The Bertz CT molecular complexity index is 823. The van der Waals surface area contributed by atoms with Crippen LogP contribution in [0.5, 0.6) is 0 Å². The Balaban J connectivity index is 1.65. The summed E-state index contributed by atoms with van der Waals surface area (Å²) in [4.78, 5) is 38.3. The number of aromatic nitrogens is 2. The maximum atomic E-state index is 13.2. The van der Waals surface area contributed by atoms with Gasteiger partial charge in [-0.15, -0.1) is 0 Å². The first kappa shape index (κ1) is 21.0. The summed E-state index contributed by atoms with van der Waals surface area (Å²) < 4.78 is 0. The topological polar surface area (TPSA) is 78.4 Å². The lowest BCUT2D eigenvalue weighted by Gasteiger charge is -2.37. The number of hydrogen-bond donors (Lipinski definition) is 1. The molecule has 2 aromatic rings. The zero-order valence-corrected chi connectivity index (χ0v) is 17.5. The second-order valence-corrected chi connectivity index (χ2v) is 7.64. The standard InChI is InChI=1S/C21H26ClN5O2/c1-3-15(2)18(25-19(28)16-5-7-17(22)8-6-16)20(29)26-11-13-27(14-12-26)21-23-9-4-10-24-21/h4-10,15,18H,3,11-14H2,1-2H3,(H,25,28). The first-order chi connectivity index (χ1) is 14.0. The number of benzene rings is 1. The largest absolute Gasteiger partial charge is 0.340 e. The van der Waals surface area contributed by atoms with Gasteiger partial charge in [-0.2, -0.15) is 0 Å². The quantitative estimate of drug-likeness (QED) is 0.784. The molecule has 0 aliphatic carbocycles. The first-order valence-corrected chi connectivity index (χ1v) is 10.2. The average Bonchev–Trinajstić information content (AvgIpc) is 2.77. The molecule has 8 heteroatoms. The van der Waals surface area contributed by atoms with Crippen molar-refractivity contribution >= 4 is 29.4 Å². The van der Waals surface area contributed by atoms with Crippen molar-refractivity contribution in [2.45, 2.75) is 26.3 Å². The molecule has 0 radical (unpaired) electrons. The maximum absolute atomic E-state index is 13.2. The molecule has 1 aromatic carbocycles. The summed E-state index contributed by atoms with van der Waals surface area (Å²) in [6.07, 6.45) is 4.21. The van der Waals surface area contributed by atoms with Gasteiger partial charge in [-0.3, -0.25) is 9.59 Å². The summed E-state index contributed by atoms with van der Waals surface area (Å²) in [5.74, 6) is 0.385. The highest BCUT2D eigenvalue weighted by Gasteiger charge is 2.32. The number of nitrogens with zero attached hydrogens (tertiary/aromatic N) is 4. The number of rotatable bonds is 6. The van der Waals surface area contributed by atoms with Gasteiger partial charge in [-0.05, 0) is 36.2 Å². The van der Waals surface area contributed by atoms with Crippen LogP contribution in [-0.2, 0) is 4.79 Å². The van der Waals surface area contributed by atoms with E-state index in [1.54, 1.807) is 42.7 Å². The molecule has 0 saturated carbocycles. The Hall–Kier alpha value is -2.67. The fourth-order valence-corrected chi connectivity index (χ4v) is 3.41. The van der Waals surface area contributed by atoms with E-state index in [0.29, 0.717) is 42.7 Å². The first-order valence-electron chi connectivity index (χ1n) is 9.86. The van der Waals surface area contributed by atoms with E-state index >= 15 is 0 Å². The minimum absolute atomic E-state index is 0.0224. The van der Waals surface area contributed by atoms with E-state index in [-0.39, 0.29) is 17.7 Å². The molecule has 1 saturated heterocycles. The van der Waals surface area contributed by atoms with E-state index in [4.69, 9.17) is 11.6 Å². The molecule has 3 rings (SSSR count). The second kappa shape index (κ2) is 9.69. The molecule has 1 aliphatic rings. The number of carbonyl (C=O) groups is 2. The number of piperazine rings is 1. The summed E-state index contributed by atoms with van der Waals surface area (Å²) in [7, 11) is 0. The van der Waals surface area contributed by atoms with Crippen LogP contribution >= 0.6 is 11.6 Å². The van der Waals surface area contributed by atoms with Gasteiger partial charge in [0.1, 0.15) is 6.04 Å². The summed E-state index contributed by atoms with van der Waals surface area (Å²) >= 11 is 5.90. The average molecular weight is 416 g/mol.